The van der Waals surface area contributed by atoms with Crippen molar-refractivity contribution in [3.05, 3.63) is 51.2 Å². The predicted octanol–water partition coefficient (Wildman–Crippen LogP) is 1.60. The number of hydrogen-bond donors (Lipinski definition) is 0. The minimum absolute atomic E-state index is 0.0825. The van der Waals surface area contributed by atoms with Crippen molar-refractivity contribution in [1.29, 1.82) is 0 Å². The van der Waals surface area contributed by atoms with Crippen LogP contribution in [0.3, 0.4) is 0 Å². The third-order valence-electron chi connectivity index (χ3n) is 2.60. The Morgan fingerprint density at radius 1 is 1.44 bits per heavy atom. The first kappa shape index (κ1) is 11.0. The van der Waals surface area contributed by atoms with Gasteiger partial charge in [0.15, 0.2) is 0 Å². The molecule has 0 amide bonds. The molecule has 0 N–H and O–H groups in total. The summed E-state index contributed by atoms with van der Waals surface area (Å²) in [6.45, 7) is 2.39. The van der Waals surface area contributed by atoms with Crippen molar-refractivity contribution in [2.75, 3.05) is 0 Å². The molecule has 5 nitrogen and oxygen atoms in total. The number of rotatable bonds is 2. The Hall–Kier alpha value is -2.08. The van der Waals surface area contributed by atoms with Crippen molar-refractivity contribution in [2.45, 2.75) is 13.5 Å². The Morgan fingerprint density at radius 3 is 3.11 bits per heavy atom. The largest absolute Gasteiger partial charge is 0.292 e. The van der Waals surface area contributed by atoms with Crippen molar-refractivity contribution in [3.8, 4) is 0 Å². The van der Waals surface area contributed by atoms with Gasteiger partial charge in [-0.3, -0.25) is 14.3 Å². The maximum absolute atomic E-state index is 12.2. The van der Waals surface area contributed by atoms with E-state index >= 15 is 0 Å². The second-order valence-corrected chi connectivity index (χ2v) is 4.90. The Morgan fingerprint density at radius 2 is 2.33 bits per heavy atom. The molecule has 0 aromatic carbocycles. The van der Waals surface area contributed by atoms with Crippen molar-refractivity contribution in [3.63, 3.8) is 0 Å². The number of nitrogens with zero attached hydrogens (tertiary/aromatic N) is 4. The van der Waals surface area contributed by atoms with Crippen molar-refractivity contribution >= 4 is 22.2 Å². The first-order valence-corrected chi connectivity index (χ1v) is 6.32. The number of hydrogen-bond acceptors (Lipinski definition) is 5. The average Bonchev–Trinajstić information content (AvgIpc) is 2.79. The highest BCUT2D eigenvalue weighted by molar-refractivity contribution is 7.09. The van der Waals surface area contributed by atoms with Crippen LogP contribution >= 0.6 is 11.3 Å². The van der Waals surface area contributed by atoms with Crippen LogP contribution in [0.4, 0.5) is 0 Å². The summed E-state index contributed by atoms with van der Waals surface area (Å²) in [7, 11) is 0. The molecular weight excluding hydrogens is 248 g/mol. The molecule has 0 unspecified atom stereocenters. The van der Waals surface area contributed by atoms with Crippen molar-refractivity contribution < 1.29 is 0 Å². The van der Waals surface area contributed by atoms with E-state index in [1.165, 1.54) is 0 Å². The van der Waals surface area contributed by atoms with Gasteiger partial charge in [0.2, 0.25) is 0 Å². The third-order valence-corrected chi connectivity index (χ3v) is 3.55. The number of aromatic nitrogens is 4. The van der Waals surface area contributed by atoms with Gasteiger partial charge in [-0.2, -0.15) is 0 Å². The number of fused-ring (bicyclic) bond motifs is 1. The van der Waals surface area contributed by atoms with E-state index in [1.54, 1.807) is 40.7 Å². The summed E-state index contributed by atoms with van der Waals surface area (Å²) >= 11 is 1.54. The number of thiazole rings is 1. The standard InChI is InChI=1S/C12H10N4OS/c1-8-6-18-11(15-8)5-16-7-14-10-2-3-13-4-9(10)12(16)17/h2-4,6-7H,5H2,1H3. The molecule has 3 heterocycles. The molecule has 3 rings (SSSR count). The third kappa shape index (κ3) is 1.91. The molecule has 0 spiro atoms. The molecule has 0 aliphatic carbocycles. The SMILES string of the molecule is Cc1csc(Cn2cnc3ccncc3c2=O)n1. The highest BCUT2D eigenvalue weighted by atomic mass is 32.1. The average molecular weight is 258 g/mol. The molecule has 0 bridgehead atoms. The van der Waals surface area contributed by atoms with E-state index in [1.807, 2.05) is 12.3 Å². The fraction of sp³-hybridized carbons (Fsp3) is 0.167. The van der Waals surface area contributed by atoms with Crippen LogP contribution in [0.2, 0.25) is 0 Å². The molecule has 0 atom stereocenters. The van der Waals surface area contributed by atoms with Crippen LogP contribution in [0.25, 0.3) is 10.9 Å². The zero-order valence-electron chi connectivity index (χ0n) is 9.70. The maximum Gasteiger partial charge on any atom is 0.263 e. The molecule has 18 heavy (non-hydrogen) atoms. The van der Waals surface area contributed by atoms with Gasteiger partial charge >= 0.3 is 0 Å². The second-order valence-electron chi connectivity index (χ2n) is 3.95. The van der Waals surface area contributed by atoms with Crippen molar-refractivity contribution in [1.82, 2.24) is 19.5 Å². The normalized spacial score (nSPS) is 10.9. The minimum atomic E-state index is -0.0825. The summed E-state index contributed by atoms with van der Waals surface area (Å²) in [5, 5.41) is 3.41. The summed E-state index contributed by atoms with van der Waals surface area (Å²) in [5.41, 5.74) is 1.56. The van der Waals surface area contributed by atoms with Crippen LogP contribution in [0.15, 0.2) is 35.0 Å². The first-order chi connectivity index (χ1) is 8.74. The molecule has 3 aromatic rings. The predicted molar refractivity (Wildman–Crippen MR) is 69.8 cm³/mol. The number of pyridine rings is 1. The van der Waals surface area contributed by atoms with E-state index in [4.69, 9.17) is 0 Å². The van der Waals surface area contributed by atoms with Gasteiger partial charge in [0.05, 0.1) is 23.8 Å². The highest BCUT2D eigenvalue weighted by Gasteiger charge is 2.06. The lowest BCUT2D eigenvalue weighted by atomic mass is 10.3. The summed E-state index contributed by atoms with van der Waals surface area (Å²) in [4.78, 5) is 24.7. The fourth-order valence-electron chi connectivity index (χ4n) is 1.74. The Balaban J connectivity index is 2.08. The Kier molecular flexibility index (Phi) is 2.64. The van der Waals surface area contributed by atoms with Gasteiger partial charge < -0.3 is 0 Å². The van der Waals surface area contributed by atoms with Gasteiger partial charge in [0.1, 0.15) is 5.01 Å². The molecule has 3 aromatic heterocycles. The minimum Gasteiger partial charge on any atom is -0.292 e. The molecule has 0 saturated heterocycles. The van der Waals surface area contributed by atoms with Gasteiger partial charge in [0.25, 0.3) is 5.56 Å². The fourth-order valence-corrected chi connectivity index (χ4v) is 2.51. The number of aryl methyl sites for hydroxylation is 1. The molecule has 0 saturated carbocycles. The molecule has 0 aliphatic rings. The maximum atomic E-state index is 12.2. The molecule has 0 radical (unpaired) electrons. The van der Waals surface area contributed by atoms with Crippen LogP contribution in [-0.4, -0.2) is 19.5 Å². The lowest BCUT2D eigenvalue weighted by molar-refractivity contribution is 0.741. The lowest BCUT2D eigenvalue weighted by Crippen LogP contribution is -2.21. The van der Waals surface area contributed by atoms with Gasteiger partial charge in [-0.05, 0) is 13.0 Å². The van der Waals surface area contributed by atoms with E-state index in [0.29, 0.717) is 17.4 Å². The molecule has 0 aliphatic heterocycles. The quantitative estimate of drug-likeness (QED) is 0.700. The first-order valence-electron chi connectivity index (χ1n) is 5.44. The van der Waals surface area contributed by atoms with E-state index < -0.39 is 0 Å². The van der Waals surface area contributed by atoms with Gasteiger partial charge in [-0.1, -0.05) is 0 Å². The van der Waals surface area contributed by atoms with Crippen LogP contribution < -0.4 is 5.56 Å². The van der Waals surface area contributed by atoms with Crippen molar-refractivity contribution in [2.24, 2.45) is 0 Å². The van der Waals surface area contributed by atoms with E-state index in [2.05, 4.69) is 15.0 Å². The second kappa shape index (κ2) is 4.30. The van der Waals surface area contributed by atoms with E-state index in [0.717, 1.165) is 10.7 Å². The van der Waals surface area contributed by atoms with Gasteiger partial charge in [0, 0.05) is 23.5 Å². The van der Waals surface area contributed by atoms with E-state index in [9.17, 15) is 4.79 Å². The monoisotopic (exact) mass is 258 g/mol. The van der Waals surface area contributed by atoms with E-state index in [-0.39, 0.29) is 5.56 Å². The topological polar surface area (TPSA) is 60.7 Å². The van der Waals surface area contributed by atoms with Crippen LogP contribution in [0, 0.1) is 6.92 Å². The lowest BCUT2D eigenvalue weighted by Gasteiger charge is -2.03. The molecule has 6 heteroatoms. The highest BCUT2D eigenvalue weighted by Crippen LogP contribution is 2.10. The van der Waals surface area contributed by atoms with Crippen LogP contribution in [-0.2, 0) is 6.54 Å². The van der Waals surface area contributed by atoms with Crippen LogP contribution in [0.5, 0.6) is 0 Å². The summed E-state index contributed by atoms with van der Waals surface area (Å²) < 4.78 is 1.56. The summed E-state index contributed by atoms with van der Waals surface area (Å²) in [6.07, 6.45) is 4.74. The summed E-state index contributed by atoms with van der Waals surface area (Å²) in [5.74, 6) is 0. The molecule has 0 fully saturated rings. The smallest absolute Gasteiger partial charge is 0.263 e. The molecule has 90 valence electrons. The summed E-state index contributed by atoms with van der Waals surface area (Å²) in [6, 6.07) is 1.73. The Labute approximate surface area is 107 Å². The zero-order valence-corrected chi connectivity index (χ0v) is 10.5. The zero-order chi connectivity index (χ0) is 12.5. The molecular formula is C12H10N4OS. The van der Waals surface area contributed by atoms with Crippen LogP contribution in [0.1, 0.15) is 10.7 Å². The van der Waals surface area contributed by atoms with Gasteiger partial charge in [-0.15, -0.1) is 11.3 Å². The van der Waals surface area contributed by atoms with Gasteiger partial charge in [-0.25, -0.2) is 9.97 Å². The Bertz CT molecular complexity index is 762.